The molecule has 4 nitrogen and oxygen atoms in total. The third-order valence-electron chi connectivity index (χ3n) is 2.60. The minimum absolute atomic E-state index is 0.0323. The van der Waals surface area contributed by atoms with Gasteiger partial charge in [0.15, 0.2) is 11.6 Å². The summed E-state index contributed by atoms with van der Waals surface area (Å²) >= 11 is 0. The largest absolute Gasteiger partial charge is 0.491 e. The van der Waals surface area contributed by atoms with Crippen molar-refractivity contribution < 1.29 is 9.13 Å². The zero-order chi connectivity index (χ0) is 13.0. The van der Waals surface area contributed by atoms with Crippen molar-refractivity contribution in [3.63, 3.8) is 0 Å². The van der Waals surface area contributed by atoms with Gasteiger partial charge in [0.05, 0.1) is 18.3 Å². The van der Waals surface area contributed by atoms with Crippen molar-refractivity contribution in [1.29, 1.82) is 0 Å². The first kappa shape index (κ1) is 12.4. The Morgan fingerprint density at radius 2 is 2.28 bits per heavy atom. The summed E-state index contributed by atoms with van der Waals surface area (Å²) < 4.78 is 18.8. The minimum Gasteiger partial charge on any atom is -0.491 e. The molecule has 0 aliphatic heterocycles. The van der Waals surface area contributed by atoms with Crippen LogP contribution in [-0.4, -0.2) is 16.8 Å². The molecule has 0 spiro atoms. The highest BCUT2D eigenvalue weighted by Gasteiger charge is 2.09. The standard InChI is InChI=1S/C13H16FN3O/c1-3-18-13-5-4-10(8-11(13)14)16-9(2)12-6-7-15-17-12/h4-9,16H,3H2,1-2H3,(H,15,17). The Balaban J connectivity index is 2.08. The fourth-order valence-electron chi connectivity index (χ4n) is 1.70. The molecule has 5 heteroatoms. The molecule has 0 aliphatic carbocycles. The van der Waals surface area contributed by atoms with Crippen molar-refractivity contribution in [1.82, 2.24) is 10.2 Å². The van der Waals surface area contributed by atoms with Crippen LogP contribution >= 0.6 is 0 Å². The van der Waals surface area contributed by atoms with E-state index in [1.807, 2.05) is 19.9 Å². The van der Waals surface area contributed by atoms with E-state index in [0.29, 0.717) is 12.3 Å². The number of ether oxygens (including phenoxy) is 1. The number of halogens is 1. The van der Waals surface area contributed by atoms with Gasteiger partial charge in [0.25, 0.3) is 0 Å². The Kier molecular flexibility index (Phi) is 3.82. The molecule has 0 saturated carbocycles. The summed E-state index contributed by atoms with van der Waals surface area (Å²) in [6.07, 6.45) is 1.69. The van der Waals surface area contributed by atoms with Crippen LogP contribution in [0.25, 0.3) is 0 Å². The van der Waals surface area contributed by atoms with Crippen LogP contribution in [0.5, 0.6) is 5.75 Å². The van der Waals surface area contributed by atoms with E-state index < -0.39 is 0 Å². The zero-order valence-electron chi connectivity index (χ0n) is 10.4. The van der Waals surface area contributed by atoms with Gasteiger partial charge in [-0.2, -0.15) is 5.10 Å². The molecule has 2 aromatic rings. The third kappa shape index (κ3) is 2.80. The van der Waals surface area contributed by atoms with Crippen molar-refractivity contribution in [2.24, 2.45) is 0 Å². The van der Waals surface area contributed by atoms with E-state index in [1.165, 1.54) is 6.07 Å². The maximum absolute atomic E-state index is 13.6. The van der Waals surface area contributed by atoms with E-state index in [9.17, 15) is 4.39 Å². The molecular weight excluding hydrogens is 233 g/mol. The summed E-state index contributed by atoms with van der Waals surface area (Å²) in [6, 6.07) is 6.76. The molecule has 0 bridgehead atoms. The smallest absolute Gasteiger partial charge is 0.167 e. The minimum atomic E-state index is -0.362. The Morgan fingerprint density at radius 1 is 1.44 bits per heavy atom. The zero-order valence-corrected chi connectivity index (χ0v) is 10.4. The number of nitrogens with one attached hydrogen (secondary N) is 2. The molecular formula is C13H16FN3O. The van der Waals surface area contributed by atoms with Crippen LogP contribution in [0.4, 0.5) is 10.1 Å². The molecule has 1 unspecified atom stereocenters. The Hall–Kier alpha value is -2.04. The molecule has 2 N–H and O–H groups in total. The number of nitrogens with zero attached hydrogens (tertiary/aromatic N) is 1. The van der Waals surface area contributed by atoms with Gasteiger partial charge >= 0.3 is 0 Å². The van der Waals surface area contributed by atoms with Crippen molar-refractivity contribution >= 4 is 5.69 Å². The number of aromatic amines is 1. The second kappa shape index (κ2) is 5.53. The number of anilines is 1. The molecule has 96 valence electrons. The number of hydrogen-bond donors (Lipinski definition) is 2. The molecule has 1 aromatic carbocycles. The Bertz CT molecular complexity index is 499. The van der Waals surface area contributed by atoms with E-state index in [4.69, 9.17) is 4.74 Å². The molecule has 0 aliphatic rings. The summed E-state index contributed by atoms with van der Waals surface area (Å²) in [5.74, 6) is -0.0871. The molecule has 1 heterocycles. The molecule has 2 rings (SSSR count). The van der Waals surface area contributed by atoms with Gasteiger partial charge in [-0.05, 0) is 32.0 Å². The van der Waals surface area contributed by atoms with Gasteiger partial charge in [-0.25, -0.2) is 4.39 Å². The van der Waals surface area contributed by atoms with Crippen molar-refractivity contribution in [3.05, 3.63) is 42.0 Å². The first-order chi connectivity index (χ1) is 8.70. The van der Waals surface area contributed by atoms with Gasteiger partial charge in [-0.15, -0.1) is 0 Å². The van der Waals surface area contributed by atoms with E-state index >= 15 is 0 Å². The lowest BCUT2D eigenvalue weighted by molar-refractivity contribution is 0.321. The van der Waals surface area contributed by atoms with E-state index in [2.05, 4.69) is 15.5 Å². The highest BCUT2D eigenvalue weighted by Crippen LogP contribution is 2.23. The number of hydrogen-bond acceptors (Lipinski definition) is 3. The monoisotopic (exact) mass is 249 g/mol. The quantitative estimate of drug-likeness (QED) is 0.856. The van der Waals surface area contributed by atoms with Crippen LogP contribution in [-0.2, 0) is 0 Å². The first-order valence-corrected chi connectivity index (χ1v) is 5.89. The summed E-state index contributed by atoms with van der Waals surface area (Å²) in [7, 11) is 0. The van der Waals surface area contributed by atoms with Crippen LogP contribution in [0.2, 0.25) is 0 Å². The van der Waals surface area contributed by atoms with E-state index in [1.54, 1.807) is 18.3 Å². The second-order valence-electron chi connectivity index (χ2n) is 3.96. The van der Waals surface area contributed by atoms with Gasteiger partial charge in [-0.3, -0.25) is 5.10 Å². The fraction of sp³-hybridized carbons (Fsp3) is 0.308. The van der Waals surface area contributed by atoms with Crippen LogP contribution in [0.3, 0.4) is 0 Å². The molecule has 1 aromatic heterocycles. The van der Waals surface area contributed by atoms with Gasteiger partial charge in [-0.1, -0.05) is 0 Å². The van der Waals surface area contributed by atoms with E-state index in [0.717, 1.165) is 5.69 Å². The number of rotatable bonds is 5. The highest BCUT2D eigenvalue weighted by atomic mass is 19.1. The van der Waals surface area contributed by atoms with Crippen molar-refractivity contribution in [2.75, 3.05) is 11.9 Å². The van der Waals surface area contributed by atoms with Gasteiger partial charge in [0.2, 0.25) is 0 Å². The molecule has 0 saturated heterocycles. The number of benzene rings is 1. The predicted octanol–water partition coefficient (Wildman–Crippen LogP) is 3.12. The summed E-state index contributed by atoms with van der Waals surface area (Å²) in [4.78, 5) is 0. The maximum Gasteiger partial charge on any atom is 0.167 e. The molecule has 0 fully saturated rings. The van der Waals surface area contributed by atoms with Gasteiger partial charge in [0.1, 0.15) is 0 Å². The van der Waals surface area contributed by atoms with Crippen LogP contribution < -0.4 is 10.1 Å². The third-order valence-corrected chi connectivity index (χ3v) is 2.60. The average Bonchev–Trinajstić information content (AvgIpc) is 2.86. The second-order valence-corrected chi connectivity index (χ2v) is 3.96. The topological polar surface area (TPSA) is 49.9 Å². The van der Waals surface area contributed by atoms with Gasteiger partial charge < -0.3 is 10.1 Å². The average molecular weight is 249 g/mol. The predicted molar refractivity (Wildman–Crippen MR) is 68.2 cm³/mol. The highest BCUT2D eigenvalue weighted by molar-refractivity contribution is 5.48. The Labute approximate surface area is 105 Å². The lowest BCUT2D eigenvalue weighted by Gasteiger charge is -2.14. The molecule has 0 amide bonds. The summed E-state index contributed by atoms with van der Waals surface area (Å²) in [5, 5.41) is 9.94. The maximum atomic E-state index is 13.6. The lowest BCUT2D eigenvalue weighted by Crippen LogP contribution is -2.07. The van der Waals surface area contributed by atoms with Crippen LogP contribution in [0, 0.1) is 5.82 Å². The van der Waals surface area contributed by atoms with Crippen molar-refractivity contribution in [3.8, 4) is 5.75 Å². The summed E-state index contributed by atoms with van der Waals surface area (Å²) in [5.41, 5.74) is 1.65. The fourth-order valence-corrected chi connectivity index (χ4v) is 1.70. The number of H-pyrrole nitrogens is 1. The molecule has 0 radical (unpaired) electrons. The van der Waals surface area contributed by atoms with Gasteiger partial charge in [0, 0.05) is 18.0 Å². The van der Waals surface area contributed by atoms with E-state index in [-0.39, 0.29) is 17.6 Å². The molecule has 1 atom stereocenters. The van der Waals surface area contributed by atoms with Crippen LogP contribution in [0.15, 0.2) is 30.5 Å². The summed E-state index contributed by atoms with van der Waals surface area (Å²) in [6.45, 7) is 4.25. The SMILES string of the molecule is CCOc1ccc(NC(C)c2ccn[nH]2)cc1F. The molecule has 18 heavy (non-hydrogen) atoms. The van der Waals surface area contributed by atoms with Crippen molar-refractivity contribution in [2.45, 2.75) is 19.9 Å². The lowest BCUT2D eigenvalue weighted by atomic mass is 10.2. The Morgan fingerprint density at radius 3 is 2.89 bits per heavy atom. The van der Waals surface area contributed by atoms with Crippen LogP contribution in [0.1, 0.15) is 25.6 Å². The normalized spacial score (nSPS) is 12.2. The number of aromatic nitrogens is 2. The first-order valence-electron chi connectivity index (χ1n) is 5.89.